The Morgan fingerprint density at radius 1 is 1.33 bits per heavy atom. The Balaban J connectivity index is 2.05. The third-order valence-corrected chi connectivity index (χ3v) is 3.76. The van der Waals surface area contributed by atoms with Gasteiger partial charge in [0, 0.05) is 0 Å². The predicted octanol–water partition coefficient (Wildman–Crippen LogP) is 3.78. The minimum Gasteiger partial charge on any atom is -0.0883 e. The van der Waals surface area contributed by atoms with Crippen molar-refractivity contribution >= 4 is 0 Å². The fourth-order valence-corrected chi connectivity index (χ4v) is 3.06. The molecule has 0 aliphatic heterocycles. The summed E-state index contributed by atoms with van der Waals surface area (Å²) >= 11 is 0. The summed E-state index contributed by atoms with van der Waals surface area (Å²) in [4.78, 5) is 0. The van der Waals surface area contributed by atoms with E-state index >= 15 is 0 Å². The number of hydrogen-bond acceptors (Lipinski definition) is 0. The Morgan fingerprint density at radius 3 is 3.08 bits per heavy atom. The fraction of sp³-hybridized carbons (Fsp3) is 0.833. The number of rotatable bonds is 1. The van der Waals surface area contributed by atoms with Crippen LogP contribution in [-0.2, 0) is 0 Å². The van der Waals surface area contributed by atoms with Gasteiger partial charge in [0.15, 0.2) is 0 Å². The van der Waals surface area contributed by atoms with E-state index in [9.17, 15) is 0 Å². The summed E-state index contributed by atoms with van der Waals surface area (Å²) in [5.74, 6) is 3.07. The van der Waals surface area contributed by atoms with Gasteiger partial charge in [-0.3, -0.25) is 0 Å². The highest BCUT2D eigenvalue weighted by Crippen LogP contribution is 2.42. The molecule has 3 atom stereocenters. The first-order chi connectivity index (χ1) is 5.90. The van der Waals surface area contributed by atoms with Gasteiger partial charge in [0.1, 0.15) is 0 Å². The molecular formula is C12H20. The minimum absolute atomic E-state index is 0.945. The van der Waals surface area contributed by atoms with E-state index in [4.69, 9.17) is 0 Å². The number of fused-ring (bicyclic) bond motifs is 2. The van der Waals surface area contributed by atoms with Gasteiger partial charge in [0.05, 0.1) is 0 Å². The first-order valence-electron chi connectivity index (χ1n) is 5.56. The summed E-state index contributed by atoms with van der Waals surface area (Å²) in [6, 6.07) is 0. The molecule has 1 fully saturated rings. The molecule has 0 nitrogen and oxygen atoms in total. The molecule has 0 aromatic carbocycles. The molecule has 0 radical (unpaired) electrons. The molecule has 2 unspecified atom stereocenters. The van der Waals surface area contributed by atoms with Gasteiger partial charge in [0.2, 0.25) is 0 Å². The Kier molecular flexibility index (Phi) is 2.53. The Hall–Kier alpha value is -0.260. The van der Waals surface area contributed by atoms with Gasteiger partial charge in [-0.2, -0.15) is 0 Å². The third kappa shape index (κ3) is 1.57. The molecule has 0 N–H and O–H groups in total. The van der Waals surface area contributed by atoms with Gasteiger partial charge < -0.3 is 0 Å². The molecule has 0 heterocycles. The summed E-state index contributed by atoms with van der Waals surface area (Å²) in [6.07, 6.45) is 13.6. The molecule has 1 saturated carbocycles. The van der Waals surface area contributed by atoms with Crippen molar-refractivity contribution in [2.75, 3.05) is 0 Å². The van der Waals surface area contributed by atoms with Crippen LogP contribution < -0.4 is 0 Å². The van der Waals surface area contributed by atoms with Crippen molar-refractivity contribution in [1.82, 2.24) is 0 Å². The summed E-state index contributed by atoms with van der Waals surface area (Å²) in [7, 11) is 0. The second kappa shape index (κ2) is 3.64. The summed E-state index contributed by atoms with van der Waals surface area (Å²) in [5.41, 5.74) is 0. The van der Waals surface area contributed by atoms with Crippen LogP contribution >= 0.6 is 0 Å². The van der Waals surface area contributed by atoms with Gasteiger partial charge in [-0.15, -0.1) is 0 Å². The van der Waals surface area contributed by atoms with Crippen molar-refractivity contribution in [3.63, 3.8) is 0 Å². The van der Waals surface area contributed by atoms with Crippen LogP contribution in [0.5, 0.6) is 0 Å². The molecule has 12 heavy (non-hydrogen) atoms. The lowest BCUT2D eigenvalue weighted by molar-refractivity contribution is 0.348. The topological polar surface area (TPSA) is 0 Å². The molecule has 2 aliphatic carbocycles. The van der Waals surface area contributed by atoms with Crippen molar-refractivity contribution in [3.05, 3.63) is 12.2 Å². The zero-order chi connectivity index (χ0) is 8.39. The molecular weight excluding hydrogens is 144 g/mol. The van der Waals surface area contributed by atoms with Crippen molar-refractivity contribution in [3.8, 4) is 0 Å². The maximum Gasteiger partial charge on any atom is -0.0228 e. The minimum atomic E-state index is 0.945. The smallest absolute Gasteiger partial charge is 0.0228 e. The first-order valence-corrected chi connectivity index (χ1v) is 5.56. The third-order valence-electron chi connectivity index (χ3n) is 3.76. The predicted molar refractivity (Wildman–Crippen MR) is 53.0 cm³/mol. The van der Waals surface area contributed by atoms with Crippen LogP contribution in [0, 0.1) is 17.8 Å². The Labute approximate surface area is 76.1 Å². The zero-order valence-corrected chi connectivity index (χ0v) is 8.13. The van der Waals surface area contributed by atoms with Crippen LogP contribution in [0.4, 0.5) is 0 Å². The van der Waals surface area contributed by atoms with Gasteiger partial charge in [-0.1, -0.05) is 25.5 Å². The van der Waals surface area contributed by atoms with Crippen LogP contribution in [0.15, 0.2) is 12.2 Å². The Morgan fingerprint density at radius 2 is 2.25 bits per heavy atom. The van der Waals surface area contributed by atoms with Crippen molar-refractivity contribution in [2.45, 2.75) is 45.4 Å². The van der Waals surface area contributed by atoms with Crippen LogP contribution in [0.3, 0.4) is 0 Å². The molecule has 68 valence electrons. The van der Waals surface area contributed by atoms with Crippen LogP contribution in [0.1, 0.15) is 45.4 Å². The van der Waals surface area contributed by atoms with Gasteiger partial charge in [-0.25, -0.2) is 0 Å². The quantitative estimate of drug-likeness (QED) is 0.517. The largest absolute Gasteiger partial charge is 0.0883 e. The highest BCUT2D eigenvalue weighted by molar-refractivity contribution is 4.97. The highest BCUT2D eigenvalue weighted by Gasteiger charge is 2.31. The van der Waals surface area contributed by atoms with E-state index in [0.29, 0.717) is 0 Å². The lowest BCUT2D eigenvalue weighted by atomic mass is 9.89. The lowest BCUT2D eigenvalue weighted by Crippen LogP contribution is -2.06. The summed E-state index contributed by atoms with van der Waals surface area (Å²) in [5, 5.41) is 0. The molecule has 0 aromatic heterocycles. The van der Waals surface area contributed by atoms with Crippen molar-refractivity contribution in [1.29, 1.82) is 0 Å². The molecule has 2 bridgehead atoms. The van der Waals surface area contributed by atoms with Crippen LogP contribution in [-0.4, -0.2) is 0 Å². The van der Waals surface area contributed by atoms with E-state index in [1.54, 1.807) is 0 Å². The molecule has 2 rings (SSSR count). The van der Waals surface area contributed by atoms with Crippen molar-refractivity contribution in [2.24, 2.45) is 17.8 Å². The summed E-state index contributed by atoms with van der Waals surface area (Å²) < 4.78 is 0. The normalized spacial score (nSPS) is 40.9. The van der Waals surface area contributed by atoms with E-state index in [0.717, 1.165) is 17.8 Å². The molecule has 0 heteroatoms. The van der Waals surface area contributed by atoms with E-state index in [-0.39, 0.29) is 0 Å². The van der Waals surface area contributed by atoms with E-state index in [1.165, 1.54) is 38.5 Å². The average Bonchev–Trinajstić information content (AvgIpc) is 2.44. The van der Waals surface area contributed by atoms with Gasteiger partial charge >= 0.3 is 0 Å². The number of hydrogen-bond donors (Lipinski definition) is 0. The maximum atomic E-state index is 2.49. The van der Waals surface area contributed by atoms with Crippen molar-refractivity contribution < 1.29 is 0 Å². The van der Waals surface area contributed by atoms with Gasteiger partial charge in [0.25, 0.3) is 0 Å². The monoisotopic (exact) mass is 164 g/mol. The second-order valence-electron chi connectivity index (χ2n) is 4.52. The SMILES string of the molecule is CCC1C[C@H]2C=CCCCC1C2. The number of allylic oxidation sites excluding steroid dienone is 2. The molecule has 0 amide bonds. The average molecular weight is 164 g/mol. The second-order valence-corrected chi connectivity index (χ2v) is 4.52. The van der Waals surface area contributed by atoms with E-state index in [1.807, 2.05) is 0 Å². The van der Waals surface area contributed by atoms with Crippen LogP contribution in [0.2, 0.25) is 0 Å². The summed E-state index contributed by atoms with van der Waals surface area (Å²) in [6.45, 7) is 2.36. The first kappa shape index (κ1) is 8.34. The standard InChI is InChI=1S/C12H20/c1-2-11-8-10-6-4-3-5-7-12(11)9-10/h4,6,10-12H,2-3,5,7-9H2,1H3/t10-,11?,12?/m1/s1. The Bertz CT molecular complexity index is 167. The van der Waals surface area contributed by atoms with E-state index < -0.39 is 0 Å². The molecule has 0 aromatic rings. The van der Waals surface area contributed by atoms with E-state index in [2.05, 4.69) is 19.1 Å². The molecule has 0 spiro atoms. The van der Waals surface area contributed by atoms with Crippen LogP contribution in [0.25, 0.3) is 0 Å². The lowest BCUT2D eigenvalue weighted by Gasteiger charge is -2.17. The van der Waals surface area contributed by atoms with Gasteiger partial charge in [-0.05, 0) is 49.9 Å². The molecule has 2 aliphatic rings. The maximum absolute atomic E-state index is 2.49. The highest BCUT2D eigenvalue weighted by atomic mass is 14.4. The molecule has 0 saturated heterocycles. The fourth-order valence-electron chi connectivity index (χ4n) is 3.06. The zero-order valence-electron chi connectivity index (χ0n) is 8.13.